The Morgan fingerprint density at radius 1 is 1.40 bits per heavy atom. The molecule has 0 aliphatic carbocycles. The molecule has 0 unspecified atom stereocenters. The molecule has 1 aromatic heterocycles. The van der Waals surface area contributed by atoms with Gasteiger partial charge in [-0.3, -0.25) is 4.79 Å². The molecule has 0 fully saturated rings. The van der Waals surface area contributed by atoms with E-state index in [4.69, 9.17) is 0 Å². The number of halogens is 1. The summed E-state index contributed by atoms with van der Waals surface area (Å²) >= 11 is 1.14. The summed E-state index contributed by atoms with van der Waals surface area (Å²) in [6.45, 7) is 0. The highest BCUT2D eigenvalue weighted by molar-refractivity contribution is 7.90. The molecule has 2 rings (SSSR count). The van der Waals surface area contributed by atoms with Crippen LogP contribution in [0.15, 0.2) is 34.6 Å². The third kappa shape index (κ3) is 3.34. The molecule has 0 atom stereocenters. The minimum atomic E-state index is -3.64. The Balaban J connectivity index is 2.26. The maximum Gasteiger partial charge on any atom is 0.186 e. The molecule has 20 heavy (non-hydrogen) atoms. The molecular formula is C12H9FN2O3S2. The van der Waals surface area contributed by atoms with Gasteiger partial charge in [0, 0.05) is 17.2 Å². The fourth-order valence-corrected chi connectivity index (χ4v) is 2.61. The topological polar surface area (TPSA) is 77.0 Å². The smallest absolute Gasteiger partial charge is 0.186 e. The van der Waals surface area contributed by atoms with Gasteiger partial charge in [-0.25, -0.2) is 12.8 Å². The number of benzene rings is 1. The molecule has 0 saturated carbocycles. The first kappa shape index (κ1) is 14.5. The molecule has 5 nitrogen and oxygen atoms in total. The van der Waals surface area contributed by atoms with Crippen LogP contribution in [0.2, 0.25) is 0 Å². The second kappa shape index (κ2) is 5.59. The fraction of sp³-hybridized carbons (Fsp3) is 0.0833. The Bertz CT molecular complexity index is 768. The Morgan fingerprint density at radius 2 is 2.15 bits per heavy atom. The highest BCUT2D eigenvalue weighted by Gasteiger charge is 2.15. The van der Waals surface area contributed by atoms with E-state index in [1.54, 1.807) is 5.38 Å². The molecular weight excluding hydrogens is 303 g/mol. The van der Waals surface area contributed by atoms with Crippen LogP contribution in [0.5, 0.6) is 0 Å². The van der Waals surface area contributed by atoms with Crippen molar-refractivity contribution < 1.29 is 17.6 Å². The molecule has 0 spiro atoms. The van der Waals surface area contributed by atoms with Crippen LogP contribution < -0.4 is 0 Å². The summed E-state index contributed by atoms with van der Waals surface area (Å²) in [5.74, 6) is -1.39. The van der Waals surface area contributed by atoms with Gasteiger partial charge in [0.15, 0.2) is 15.6 Å². The van der Waals surface area contributed by atoms with Crippen molar-refractivity contribution in [3.63, 3.8) is 0 Å². The average Bonchev–Trinajstić information content (AvgIpc) is 2.87. The van der Waals surface area contributed by atoms with Gasteiger partial charge in [0.1, 0.15) is 10.7 Å². The highest BCUT2D eigenvalue weighted by atomic mass is 32.2. The molecule has 2 aromatic rings. The monoisotopic (exact) mass is 312 g/mol. The van der Waals surface area contributed by atoms with Gasteiger partial charge < -0.3 is 0 Å². The molecule has 8 heteroatoms. The third-order valence-corrected chi connectivity index (χ3v) is 4.05. The van der Waals surface area contributed by atoms with E-state index in [1.165, 1.54) is 18.2 Å². The van der Waals surface area contributed by atoms with Crippen molar-refractivity contribution in [2.75, 3.05) is 6.26 Å². The van der Waals surface area contributed by atoms with Crippen LogP contribution in [0.25, 0.3) is 6.08 Å². The lowest BCUT2D eigenvalue weighted by atomic mass is 10.1. The lowest BCUT2D eigenvalue weighted by Gasteiger charge is -2.02. The van der Waals surface area contributed by atoms with Gasteiger partial charge in [0.2, 0.25) is 0 Å². The highest BCUT2D eigenvalue weighted by Crippen LogP contribution is 2.16. The van der Waals surface area contributed by atoms with E-state index in [-0.39, 0.29) is 5.56 Å². The van der Waals surface area contributed by atoms with Crippen LogP contribution >= 0.6 is 11.5 Å². The first-order valence-corrected chi connectivity index (χ1v) is 8.10. The summed E-state index contributed by atoms with van der Waals surface area (Å²) in [5.41, 5.74) is 0.589. The van der Waals surface area contributed by atoms with Crippen molar-refractivity contribution in [2.45, 2.75) is 4.90 Å². The SMILES string of the molecule is CS(=O)(=O)c1ccc(C(=O)/C=C/c2csnn2)cc1F. The number of nitrogens with zero attached hydrogens (tertiary/aromatic N) is 2. The molecule has 104 valence electrons. The summed E-state index contributed by atoms with van der Waals surface area (Å²) in [6, 6.07) is 3.25. The number of sulfone groups is 1. The van der Waals surface area contributed by atoms with Crippen molar-refractivity contribution in [3.8, 4) is 0 Å². The minimum Gasteiger partial charge on any atom is -0.289 e. The minimum absolute atomic E-state index is 0.0642. The fourth-order valence-electron chi connectivity index (χ4n) is 1.46. The van der Waals surface area contributed by atoms with Crippen molar-refractivity contribution in [2.24, 2.45) is 0 Å². The summed E-state index contributed by atoms with van der Waals surface area (Å²) in [7, 11) is -3.64. The van der Waals surface area contributed by atoms with Gasteiger partial charge in [0.25, 0.3) is 0 Å². The normalized spacial score (nSPS) is 11.9. The maximum atomic E-state index is 13.6. The van der Waals surface area contributed by atoms with Gasteiger partial charge in [-0.2, -0.15) is 0 Å². The molecule has 0 aliphatic rings. The molecule has 0 radical (unpaired) electrons. The molecule has 1 aromatic carbocycles. The number of carbonyl (C=O) groups is 1. The average molecular weight is 312 g/mol. The standard InChI is InChI=1S/C12H9FN2O3S2/c1-20(17,18)12-5-2-8(6-10(12)13)11(16)4-3-9-7-19-15-14-9/h2-7H,1H3/b4-3+. The summed E-state index contributed by atoms with van der Waals surface area (Å²) < 4.78 is 39.8. The maximum absolute atomic E-state index is 13.6. The number of hydrogen-bond donors (Lipinski definition) is 0. The first-order chi connectivity index (χ1) is 9.38. The van der Waals surface area contributed by atoms with E-state index in [0.717, 1.165) is 29.9 Å². The molecule has 1 heterocycles. The lowest BCUT2D eigenvalue weighted by molar-refractivity contribution is 0.104. The summed E-state index contributed by atoms with van der Waals surface area (Å²) in [6.07, 6.45) is 3.59. The van der Waals surface area contributed by atoms with E-state index in [9.17, 15) is 17.6 Å². The largest absolute Gasteiger partial charge is 0.289 e. The van der Waals surface area contributed by atoms with Gasteiger partial charge in [-0.1, -0.05) is 4.49 Å². The number of carbonyl (C=O) groups excluding carboxylic acids is 1. The Kier molecular flexibility index (Phi) is 4.05. The van der Waals surface area contributed by atoms with E-state index in [2.05, 4.69) is 9.59 Å². The predicted molar refractivity (Wildman–Crippen MR) is 72.8 cm³/mol. The number of rotatable bonds is 4. The molecule has 0 aliphatic heterocycles. The van der Waals surface area contributed by atoms with Crippen molar-refractivity contribution in [1.82, 2.24) is 9.59 Å². The van der Waals surface area contributed by atoms with Gasteiger partial charge in [0.05, 0.1) is 5.69 Å². The third-order valence-electron chi connectivity index (χ3n) is 2.40. The molecule has 0 bridgehead atoms. The molecule has 0 N–H and O–H groups in total. The van der Waals surface area contributed by atoms with Gasteiger partial charge in [-0.15, -0.1) is 5.10 Å². The van der Waals surface area contributed by atoms with E-state index < -0.39 is 26.3 Å². The van der Waals surface area contributed by atoms with Crippen LogP contribution in [0.4, 0.5) is 4.39 Å². The number of hydrogen-bond acceptors (Lipinski definition) is 6. The first-order valence-electron chi connectivity index (χ1n) is 5.37. The zero-order chi connectivity index (χ0) is 14.8. The van der Waals surface area contributed by atoms with Crippen LogP contribution in [0, 0.1) is 5.82 Å². The number of aromatic nitrogens is 2. The number of allylic oxidation sites excluding steroid dienone is 1. The Hall–Kier alpha value is -1.93. The summed E-state index contributed by atoms with van der Waals surface area (Å²) in [4.78, 5) is 11.4. The van der Waals surface area contributed by atoms with E-state index in [1.807, 2.05) is 0 Å². The van der Waals surface area contributed by atoms with Crippen molar-refractivity contribution in [3.05, 3.63) is 46.7 Å². The second-order valence-corrected chi connectivity index (χ2v) is 6.54. The quantitative estimate of drug-likeness (QED) is 0.637. The van der Waals surface area contributed by atoms with Gasteiger partial charge >= 0.3 is 0 Å². The predicted octanol–water partition coefficient (Wildman–Crippen LogP) is 1.98. The van der Waals surface area contributed by atoms with Crippen LogP contribution in [0.1, 0.15) is 16.1 Å². The molecule has 0 amide bonds. The number of ketones is 1. The van der Waals surface area contributed by atoms with E-state index >= 15 is 0 Å². The van der Waals surface area contributed by atoms with Crippen molar-refractivity contribution in [1.29, 1.82) is 0 Å². The second-order valence-electron chi connectivity index (χ2n) is 3.94. The van der Waals surface area contributed by atoms with Crippen LogP contribution in [-0.2, 0) is 9.84 Å². The Labute approximate surface area is 118 Å². The Morgan fingerprint density at radius 3 is 2.70 bits per heavy atom. The molecule has 0 saturated heterocycles. The van der Waals surface area contributed by atoms with Crippen LogP contribution in [-0.4, -0.2) is 30.0 Å². The van der Waals surface area contributed by atoms with Crippen LogP contribution in [0.3, 0.4) is 0 Å². The zero-order valence-corrected chi connectivity index (χ0v) is 11.9. The van der Waals surface area contributed by atoms with E-state index in [0.29, 0.717) is 5.69 Å². The van der Waals surface area contributed by atoms with Gasteiger partial charge in [-0.05, 0) is 41.9 Å². The zero-order valence-electron chi connectivity index (χ0n) is 10.3. The lowest BCUT2D eigenvalue weighted by Crippen LogP contribution is -2.03. The van der Waals surface area contributed by atoms with Crippen molar-refractivity contribution >= 4 is 33.2 Å². The summed E-state index contributed by atoms with van der Waals surface area (Å²) in [5, 5.41) is 5.37.